The third-order valence-electron chi connectivity index (χ3n) is 1.08. The molecule has 1 aliphatic heterocycles. The molecule has 1 aromatic rings. The number of hydrogen-bond acceptors (Lipinski definition) is 3. The molecule has 0 radical (unpaired) electrons. The quantitative estimate of drug-likeness (QED) is 0.456. The van der Waals surface area contributed by atoms with E-state index in [-0.39, 0.29) is 0 Å². The first-order chi connectivity index (χ1) is 3.97. The van der Waals surface area contributed by atoms with Gasteiger partial charge in [-0.25, -0.2) is 4.68 Å². The molecule has 2 heterocycles. The van der Waals surface area contributed by atoms with Gasteiger partial charge in [0.15, 0.2) is 5.82 Å². The summed E-state index contributed by atoms with van der Waals surface area (Å²) >= 11 is 0. The van der Waals surface area contributed by atoms with Crippen LogP contribution in [0.5, 0.6) is 0 Å². The van der Waals surface area contributed by atoms with Gasteiger partial charge in [0, 0.05) is 12.6 Å². The first kappa shape index (κ1) is 3.77. The van der Waals surface area contributed by atoms with Crippen molar-refractivity contribution >= 4 is 6.21 Å². The zero-order valence-corrected chi connectivity index (χ0v) is 4.15. The van der Waals surface area contributed by atoms with Crippen molar-refractivity contribution in [2.45, 2.75) is 6.42 Å². The van der Waals surface area contributed by atoms with Crippen LogP contribution in [0.15, 0.2) is 11.4 Å². The molecule has 40 valence electrons. The molecule has 0 saturated carbocycles. The fourth-order valence-electron chi connectivity index (χ4n) is 0.695. The molecule has 8 heavy (non-hydrogen) atoms. The maximum absolute atomic E-state index is 3.93. The smallest absolute Gasteiger partial charge is 0.159 e. The third-order valence-corrected chi connectivity index (χ3v) is 1.08. The summed E-state index contributed by atoms with van der Waals surface area (Å²) in [5, 5.41) is 11.4. The van der Waals surface area contributed by atoms with E-state index in [1.54, 1.807) is 11.0 Å². The largest absolute Gasteiger partial charge is 0.204 e. The first-order valence-electron chi connectivity index (χ1n) is 2.38. The molecule has 0 spiro atoms. The highest BCUT2D eigenvalue weighted by atomic mass is 15.4. The third kappa shape index (κ3) is 0.318. The zero-order valence-electron chi connectivity index (χ0n) is 4.15. The minimum atomic E-state index is 0.819. The minimum absolute atomic E-state index is 0.819. The van der Waals surface area contributed by atoms with Crippen molar-refractivity contribution in [1.29, 1.82) is 0 Å². The lowest BCUT2D eigenvalue weighted by Crippen LogP contribution is -1.85. The monoisotopic (exact) mass is 108 g/mol. The molecule has 1 aromatic heterocycles. The van der Waals surface area contributed by atoms with Crippen LogP contribution in [0.4, 0.5) is 0 Å². The Balaban J connectivity index is 2.67. The molecule has 0 saturated heterocycles. The van der Waals surface area contributed by atoms with Crippen LogP contribution >= 0.6 is 0 Å². The number of nitrogens with zero attached hydrogens (tertiary/aromatic N) is 4. The molecule has 0 amide bonds. The summed E-state index contributed by atoms with van der Waals surface area (Å²) in [5.41, 5.74) is 0. The predicted octanol–water partition coefficient (Wildman–Crippen LogP) is -0.332. The Hall–Kier alpha value is -1.19. The second-order valence-electron chi connectivity index (χ2n) is 1.59. The van der Waals surface area contributed by atoms with Crippen LogP contribution in [0.3, 0.4) is 0 Å². The highest BCUT2D eigenvalue weighted by Crippen LogP contribution is 1.99. The van der Waals surface area contributed by atoms with Crippen LogP contribution in [0.25, 0.3) is 0 Å². The fourth-order valence-corrected chi connectivity index (χ4v) is 0.695. The SMILES string of the molecule is C1=Nn2cnnc2C1. The Labute approximate surface area is 45.8 Å². The molecule has 0 aromatic carbocycles. The molecule has 0 atom stereocenters. The van der Waals surface area contributed by atoms with Crippen molar-refractivity contribution in [2.75, 3.05) is 0 Å². The van der Waals surface area contributed by atoms with Gasteiger partial charge in [-0.3, -0.25) is 0 Å². The molecule has 0 unspecified atom stereocenters. The van der Waals surface area contributed by atoms with Crippen LogP contribution < -0.4 is 0 Å². The van der Waals surface area contributed by atoms with Crippen LogP contribution in [-0.2, 0) is 6.42 Å². The van der Waals surface area contributed by atoms with Crippen molar-refractivity contribution in [2.24, 2.45) is 5.10 Å². The zero-order chi connectivity index (χ0) is 5.40. The molecule has 4 heteroatoms. The lowest BCUT2D eigenvalue weighted by atomic mass is 10.5. The molecule has 0 fully saturated rings. The van der Waals surface area contributed by atoms with E-state index in [1.807, 2.05) is 6.21 Å². The second-order valence-corrected chi connectivity index (χ2v) is 1.59. The fraction of sp³-hybridized carbons (Fsp3) is 0.250. The Kier molecular flexibility index (Phi) is 0.542. The van der Waals surface area contributed by atoms with Gasteiger partial charge in [-0.15, -0.1) is 10.2 Å². The van der Waals surface area contributed by atoms with Gasteiger partial charge >= 0.3 is 0 Å². The van der Waals surface area contributed by atoms with Gasteiger partial charge in [-0.1, -0.05) is 0 Å². The molecule has 0 bridgehead atoms. The Morgan fingerprint density at radius 2 is 2.62 bits per heavy atom. The van der Waals surface area contributed by atoms with Crippen LogP contribution in [-0.4, -0.2) is 21.1 Å². The highest BCUT2D eigenvalue weighted by molar-refractivity contribution is 5.62. The maximum atomic E-state index is 3.93. The van der Waals surface area contributed by atoms with Crippen molar-refractivity contribution < 1.29 is 0 Å². The number of aromatic nitrogens is 3. The van der Waals surface area contributed by atoms with Gasteiger partial charge in [0.25, 0.3) is 0 Å². The summed E-state index contributed by atoms with van der Waals surface area (Å²) < 4.78 is 1.67. The molecular formula is C4H4N4. The molecular weight excluding hydrogens is 104 g/mol. The normalized spacial score (nSPS) is 14.5. The maximum Gasteiger partial charge on any atom is 0.159 e. The topological polar surface area (TPSA) is 43.1 Å². The van der Waals surface area contributed by atoms with E-state index in [0.29, 0.717) is 0 Å². The van der Waals surface area contributed by atoms with Gasteiger partial charge in [-0.2, -0.15) is 5.10 Å². The molecule has 4 nitrogen and oxygen atoms in total. The van der Waals surface area contributed by atoms with E-state index in [9.17, 15) is 0 Å². The van der Waals surface area contributed by atoms with E-state index < -0.39 is 0 Å². The Bertz CT molecular complexity index is 224. The summed E-state index contributed by atoms with van der Waals surface area (Å²) in [6, 6.07) is 0. The van der Waals surface area contributed by atoms with E-state index in [0.717, 1.165) is 12.2 Å². The van der Waals surface area contributed by atoms with Crippen molar-refractivity contribution in [3.05, 3.63) is 12.2 Å². The van der Waals surface area contributed by atoms with E-state index in [2.05, 4.69) is 15.3 Å². The summed E-state index contributed by atoms with van der Waals surface area (Å²) in [4.78, 5) is 0. The van der Waals surface area contributed by atoms with Crippen molar-refractivity contribution in [3.8, 4) is 0 Å². The predicted molar refractivity (Wildman–Crippen MR) is 27.6 cm³/mol. The van der Waals surface area contributed by atoms with Crippen LogP contribution in [0, 0.1) is 0 Å². The molecule has 2 rings (SSSR count). The van der Waals surface area contributed by atoms with E-state index in [4.69, 9.17) is 0 Å². The van der Waals surface area contributed by atoms with Gasteiger partial charge in [0.2, 0.25) is 0 Å². The Morgan fingerprint density at radius 1 is 1.62 bits per heavy atom. The summed E-state index contributed by atoms with van der Waals surface area (Å²) in [5.74, 6) is 0.921. The van der Waals surface area contributed by atoms with Crippen molar-refractivity contribution in [1.82, 2.24) is 14.9 Å². The van der Waals surface area contributed by atoms with Gasteiger partial charge in [0.1, 0.15) is 6.33 Å². The molecule has 1 aliphatic rings. The summed E-state index contributed by atoms with van der Waals surface area (Å²) in [6.07, 6.45) is 4.23. The molecule has 0 aliphatic carbocycles. The standard InChI is InChI=1S/C4H4N4/c1-2-6-8-3-5-7-4(1)8/h2-3H,1H2. The lowest BCUT2D eigenvalue weighted by Gasteiger charge is -1.81. The minimum Gasteiger partial charge on any atom is -0.204 e. The van der Waals surface area contributed by atoms with Gasteiger partial charge in [0.05, 0.1) is 0 Å². The summed E-state index contributed by atoms with van der Waals surface area (Å²) in [7, 11) is 0. The van der Waals surface area contributed by atoms with Gasteiger partial charge in [-0.05, 0) is 0 Å². The molecule has 0 N–H and O–H groups in total. The number of fused-ring (bicyclic) bond motifs is 1. The second kappa shape index (κ2) is 1.15. The number of rotatable bonds is 0. The van der Waals surface area contributed by atoms with Crippen LogP contribution in [0.2, 0.25) is 0 Å². The number of hydrogen-bond donors (Lipinski definition) is 0. The highest BCUT2D eigenvalue weighted by Gasteiger charge is 2.04. The first-order valence-corrected chi connectivity index (χ1v) is 2.38. The van der Waals surface area contributed by atoms with Crippen molar-refractivity contribution in [3.63, 3.8) is 0 Å². The lowest BCUT2D eigenvalue weighted by molar-refractivity contribution is 0.860. The van der Waals surface area contributed by atoms with Gasteiger partial charge < -0.3 is 0 Å². The summed E-state index contributed by atoms with van der Waals surface area (Å²) in [6.45, 7) is 0. The van der Waals surface area contributed by atoms with Crippen LogP contribution in [0.1, 0.15) is 5.82 Å². The Morgan fingerprint density at radius 3 is 3.50 bits per heavy atom. The van der Waals surface area contributed by atoms with E-state index >= 15 is 0 Å². The average Bonchev–Trinajstić information content (AvgIpc) is 2.15. The average molecular weight is 108 g/mol. The van der Waals surface area contributed by atoms with E-state index in [1.165, 1.54) is 0 Å².